The van der Waals surface area contributed by atoms with E-state index in [1.54, 1.807) is 4.90 Å². The Kier molecular flexibility index (Phi) is 6.99. The summed E-state index contributed by atoms with van der Waals surface area (Å²) in [7, 11) is 0. The molecule has 2 saturated carbocycles. The first-order chi connectivity index (χ1) is 18.7. The molecule has 2 saturated heterocycles. The van der Waals surface area contributed by atoms with Gasteiger partial charge >= 0.3 is 0 Å². The van der Waals surface area contributed by atoms with Gasteiger partial charge in [0, 0.05) is 17.8 Å². The molecule has 2 N–H and O–H groups in total. The summed E-state index contributed by atoms with van der Waals surface area (Å²) in [6.45, 7) is 4.42. The normalized spacial score (nSPS) is 37.7. The lowest BCUT2D eigenvalue weighted by molar-refractivity contribution is -0.145. The summed E-state index contributed by atoms with van der Waals surface area (Å²) in [6.07, 6.45) is 11.0. The number of carbonyl (C=O) groups excluding carboxylic acids is 3. The molecule has 8 unspecified atom stereocenters. The number of hydrogen-bond acceptors (Lipinski definition) is 4. The van der Waals surface area contributed by atoms with Gasteiger partial charge in [-0.2, -0.15) is 0 Å². The smallest absolute Gasteiger partial charge is 0.246 e. The maximum atomic E-state index is 14.2. The van der Waals surface area contributed by atoms with E-state index < -0.39 is 41.3 Å². The van der Waals surface area contributed by atoms with Crippen LogP contribution >= 0.6 is 11.6 Å². The second-order valence-electron chi connectivity index (χ2n) is 12.2. The van der Waals surface area contributed by atoms with Crippen molar-refractivity contribution >= 4 is 35.0 Å². The van der Waals surface area contributed by atoms with E-state index in [4.69, 9.17) is 16.3 Å². The molecule has 3 amide bonds. The molecule has 3 heterocycles. The van der Waals surface area contributed by atoms with Crippen molar-refractivity contribution in [2.45, 2.75) is 95.0 Å². The highest BCUT2D eigenvalue weighted by Crippen LogP contribution is 2.56. The predicted molar refractivity (Wildman–Crippen MR) is 145 cm³/mol. The average Bonchev–Trinajstić information content (AvgIpc) is 3.56. The summed E-state index contributed by atoms with van der Waals surface area (Å²) >= 11 is 5.92. The average molecular weight is 558 g/mol. The van der Waals surface area contributed by atoms with E-state index >= 15 is 0 Å². The predicted octanol–water partition coefficient (Wildman–Crippen LogP) is 4.84. The van der Waals surface area contributed by atoms with E-state index in [1.165, 1.54) is 18.2 Å². The zero-order chi connectivity index (χ0) is 27.5. The zero-order valence-electron chi connectivity index (χ0n) is 22.5. The molecule has 0 radical (unpaired) electrons. The van der Waals surface area contributed by atoms with Crippen molar-refractivity contribution in [2.24, 2.45) is 23.7 Å². The van der Waals surface area contributed by atoms with Crippen molar-refractivity contribution in [2.75, 3.05) is 5.32 Å². The van der Waals surface area contributed by atoms with Gasteiger partial charge in [-0.3, -0.25) is 14.4 Å². The fraction of sp³-hybridized carbons (Fsp3) is 0.633. The molecule has 8 atom stereocenters. The van der Waals surface area contributed by atoms with Crippen LogP contribution in [0.15, 0.2) is 30.4 Å². The number of halogens is 2. The van der Waals surface area contributed by atoms with E-state index in [2.05, 4.69) is 24.5 Å². The van der Waals surface area contributed by atoms with Gasteiger partial charge in [0.15, 0.2) is 0 Å². The number of ether oxygens (including phenoxy) is 1. The molecule has 1 aromatic rings. The number of rotatable bonds is 5. The Morgan fingerprint density at radius 1 is 1.08 bits per heavy atom. The molecule has 0 aromatic heterocycles. The largest absolute Gasteiger partial charge is 0.359 e. The molecule has 6 rings (SSSR count). The van der Waals surface area contributed by atoms with Crippen LogP contribution in [0.25, 0.3) is 0 Å². The number of likely N-dealkylation sites (tertiary alicyclic amines) is 1. The number of nitrogens with one attached hydrogen (secondary N) is 2. The number of nitrogens with zero attached hydrogens (tertiary/aromatic N) is 1. The van der Waals surface area contributed by atoms with Crippen LogP contribution in [0, 0.1) is 29.5 Å². The maximum absolute atomic E-state index is 14.2. The Morgan fingerprint density at radius 2 is 1.85 bits per heavy atom. The van der Waals surface area contributed by atoms with Gasteiger partial charge in [0.25, 0.3) is 0 Å². The Morgan fingerprint density at radius 3 is 2.59 bits per heavy atom. The highest BCUT2D eigenvalue weighted by molar-refractivity contribution is 6.31. The monoisotopic (exact) mass is 557 g/mol. The molecule has 1 spiro atoms. The van der Waals surface area contributed by atoms with Crippen molar-refractivity contribution in [3.63, 3.8) is 0 Å². The molecule has 4 fully saturated rings. The first kappa shape index (κ1) is 26.8. The van der Waals surface area contributed by atoms with Crippen molar-refractivity contribution in [3.05, 3.63) is 41.2 Å². The third-order valence-electron chi connectivity index (χ3n) is 10.1. The fourth-order valence-electron chi connectivity index (χ4n) is 7.81. The first-order valence-electron chi connectivity index (χ1n) is 14.5. The summed E-state index contributed by atoms with van der Waals surface area (Å²) < 4.78 is 20.2. The second kappa shape index (κ2) is 10.2. The number of hydrogen-bond donors (Lipinski definition) is 2. The van der Waals surface area contributed by atoms with Gasteiger partial charge in [-0.1, -0.05) is 69.7 Å². The lowest BCUT2D eigenvalue weighted by Gasteiger charge is -2.40. The van der Waals surface area contributed by atoms with E-state index in [9.17, 15) is 18.8 Å². The van der Waals surface area contributed by atoms with Crippen molar-refractivity contribution in [3.8, 4) is 0 Å². The van der Waals surface area contributed by atoms with Crippen molar-refractivity contribution < 1.29 is 23.5 Å². The van der Waals surface area contributed by atoms with Gasteiger partial charge in [-0.05, 0) is 49.3 Å². The van der Waals surface area contributed by atoms with E-state index in [-0.39, 0.29) is 28.9 Å². The highest BCUT2D eigenvalue weighted by Gasteiger charge is 2.73. The number of fused-ring (bicyclic) bond motifs is 1. The molecule has 2 aliphatic carbocycles. The van der Waals surface area contributed by atoms with Crippen LogP contribution in [0.2, 0.25) is 5.02 Å². The van der Waals surface area contributed by atoms with Crippen LogP contribution < -0.4 is 10.6 Å². The minimum Gasteiger partial charge on any atom is -0.359 e. The Bertz CT molecular complexity index is 1200. The summed E-state index contributed by atoms with van der Waals surface area (Å²) in [6, 6.07) is 3.15. The van der Waals surface area contributed by atoms with Gasteiger partial charge in [-0.15, -0.1) is 0 Å². The number of benzene rings is 1. The molecule has 3 aliphatic heterocycles. The third-order valence-corrected chi connectivity index (χ3v) is 10.3. The molecule has 7 nitrogen and oxygen atoms in total. The van der Waals surface area contributed by atoms with Crippen LogP contribution in [0.3, 0.4) is 0 Å². The summed E-state index contributed by atoms with van der Waals surface area (Å²) in [5, 5.41) is 6.02. The second-order valence-corrected chi connectivity index (χ2v) is 12.6. The number of carbonyl (C=O) groups is 3. The van der Waals surface area contributed by atoms with E-state index in [0.717, 1.165) is 51.4 Å². The van der Waals surface area contributed by atoms with Gasteiger partial charge in [0.2, 0.25) is 17.7 Å². The maximum Gasteiger partial charge on any atom is 0.246 e. The topological polar surface area (TPSA) is 87.7 Å². The van der Waals surface area contributed by atoms with Crippen LogP contribution in [0.1, 0.15) is 65.2 Å². The molecule has 2 bridgehead atoms. The van der Waals surface area contributed by atoms with Gasteiger partial charge in [0.05, 0.1) is 23.0 Å². The summed E-state index contributed by atoms with van der Waals surface area (Å²) in [5.41, 5.74) is -0.841. The third kappa shape index (κ3) is 4.38. The molecule has 1 aromatic carbocycles. The highest BCUT2D eigenvalue weighted by atomic mass is 35.5. The van der Waals surface area contributed by atoms with Crippen LogP contribution in [-0.4, -0.2) is 52.5 Å². The van der Waals surface area contributed by atoms with Crippen molar-refractivity contribution in [1.82, 2.24) is 10.2 Å². The molecular weight excluding hydrogens is 521 g/mol. The SMILES string of the molecule is CC1CCCC(NC(=O)C2N(C3CCCCC3)C(=O)C3C(C(=O)Nc4ccc(F)c(Cl)c4)C4C=CC32O4)C1C. The minimum absolute atomic E-state index is 0.0462. The standard InChI is InChI=1S/C30H37ClFN3O4/c1-16-7-6-10-22(17(16)2)34-28(37)26-30-14-13-23(39-30)24(27(36)33-18-11-12-21(32)20(31)15-18)25(30)29(38)35(26)19-8-4-3-5-9-19/h11-17,19,22-26H,3-10H2,1-2H3,(H,33,36)(H,34,37). The zero-order valence-corrected chi connectivity index (χ0v) is 23.3. The Labute approximate surface area is 233 Å². The molecule has 5 aliphatic rings. The summed E-state index contributed by atoms with van der Waals surface area (Å²) in [4.78, 5) is 43.8. The lowest BCUT2D eigenvalue weighted by Crippen LogP contribution is -2.59. The minimum atomic E-state index is -1.19. The van der Waals surface area contributed by atoms with Gasteiger partial charge in [-0.25, -0.2) is 4.39 Å². The van der Waals surface area contributed by atoms with Crippen LogP contribution in [0.4, 0.5) is 10.1 Å². The summed E-state index contributed by atoms with van der Waals surface area (Å²) in [5.74, 6) is -2.09. The van der Waals surface area contributed by atoms with Crippen LogP contribution in [-0.2, 0) is 19.1 Å². The lowest BCUT2D eigenvalue weighted by atomic mass is 9.73. The quantitative estimate of drug-likeness (QED) is 0.507. The van der Waals surface area contributed by atoms with E-state index in [1.807, 2.05) is 12.2 Å². The van der Waals surface area contributed by atoms with Gasteiger partial charge < -0.3 is 20.3 Å². The molecule has 9 heteroatoms. The van der Waals surface area contributed by atoms with Crippen LogP contribution in [0.5, 0.6) is 0 Å². The Balaban J connectivity index is 1.31. The number of anilines is 1. The van der Waals surface area contributed by atoms with E-state index in [0.29, 0.717) is 17.5 Å². The molecular formula is C30H37ClFN3O4. The Hall–Kier alpha value is -2.45. The molecule has 210 valence electrons. The van der Waals surface area contributed by atoms with Gasteiger partial charge in [0.1, 0.15) is 17.5 Å². The van der Waals surface area contributed by atoms with Crippen molar-refractivity contribution in [1.29, 1.82) is 0 Å². The number of amides is 3. The first-order valence-corrected chi connectivity index (χ1v) is 14.8. The fourth-order valence-corrected chi connectivity index (χ4v) is 7.99. The molecule has 39 heavy (non-hydrogen) atoms.